The molecule has 1 aliphatic rings. The van der Waals surface area contributed by atoms with Gasteiger partial charge in [0.2, 0.25) is 11.9 Å². The molecule has 9 heteroatoms. The molecule has 0 aliphatic carbocycles. The van der Waals surface area contributed by atoms with Gasteiger partial charge in [0.15, 0.2) is 11.4 Å². The van der Waals surface area contributed by atoms with Gasteiger partial charge >= 0.3 is 0 Å². The molecule has 9 nitrogen and oxygen atoms in total. The van der Waals surface area contributed by atoms with Crippen LogP contribution in [0.2, 0.25) is 0 Å². The Morgan fingerprint density at radius 3 is 2.33 bits per heavy atom. The Morgan fingerprint density at radius 1 is 1.10 bits per heavy atom. The van der Waals surface area contributed by atoms with Gasteiger partial charge in [0, 0.05) is 37.8 Å². The summed E-state index contributed by atoms with van der Waals surface area (Å²) < 4.78 is 0. The summed E-state index contributed by atoms with van der Waals surface area (Å²) in [6, 6.07) is 0. The van der Waals surface area contributed by atoms with Crippen molar-refractivity contribution in [3.8, 4) is 0 Å². The number of anilines is 1. The maximum Gasteiger partial charge on any atom is 0.281 e. The minimum atomic E-state index is -0.533. The van der Waals surface area contributed by atoms with Gasteiger partial charge in [0.1, 0.15) is 0 Å². The van der Waals surface area contributed by atoms with E-state index in [9.17, 15) is 14.4 Å². The molecular formula is C12H10N6O3. The first-order valence-corrected chi connectivity index (χ1v) is 6.13. The van der Waals surface area contributed by atoms with Crippen molar-refractivity contribution in [3.05, 3.63) is 36.2 Å². The van der Waals surface area contributed by atoms with Gasteiger partial charge in [-0.05, 0) is 0 Å². The van der Waals surface area contributed by atoms with Crippen molar-refractivity contribution in [1.29, 1.82) is 0 Å². The largest absolute Gasteiger partial charge is 0.331 e. The molecule has 0 radical (unpaired) electrons. The van der Waals surface area contributed by atoms with Crippen LogP contribution >= 0.6 is 0 Å². The Morgan fingerprint density at radius 2 is 1.76 bits per heavy atom. The third kappa shape index (κ3) is 2.36. The van der Waals surface area contributed by atoms with Crippen LogP contribution < -0.4 is 5.32 Å². The molecule has 1 aliphatic heterocycles. The fraction of sp³-hybridized carbons (Fsp3) is 0.167. The Kier molecular flexibility index (Phi) is 3.14. The summed E-state index contributed by atoms with van der Waals surface area (Å²) in [5.41, 5.74) is 0.0443. The van der Waals surface area contributed by atoms with Crippen LogP contribution in [0.15, 0.2) is 24.8 Å². The molecule has 0 spiro atoms. The fourth-order valence-corrected chi connectivity index (χ4v) is 1.94. The van der Waals surface area contributed by atoms with Crippen molar-refractivity contribution in [1.82, 2.24) is 24.8 Å². The molecule has 21 heavy (non-hydrogen) atoms. The monoisotopic (exact) mass is 286 g/mol. The Hall–Kier alpha value is -3.10. The number of fused-ring (bicyclic) bond motifs is 1. The van der Waals surface area contributed by atoms with Gasteiger partial charge in [-0.15, -0.1) is 0 Å². The number of hydrogen-bond acceptors (Lipinski definition) is 6. The van der Waals surface area contributed by atoms with E-state index in [0.717, 1.165) is 4.90 Å². The van der Waals surface area contributed by atoms with E-state index in [4.69, 9.17) is 0 Å². The molecule has 2 aromatic rings. The van der Waals surface area contributed by atoms with Gasteiger partial charge in [-0.1, -0.05) is 0 Å². The fourth-order valence-electron chi connectivity index (χ4n) is 1.94. The Balaban J connectivity index is 1.63. The van der Waals surface area contributed by atoms with Crippen molar-refractivity contribution in [2.24, 2.45) is 0 Å². The molecule has 0 saturated carbocycles. The number of nitrogens with zero attached hydrogens (tertiary/aromatic N) is 4. The van der Waals surface area contributed by atoms with Gasteiger partial charge in [0.25, 0.3) is 11.8 Å². The van der Waals surface area contributed by atoms with Gasteiger partial charge in [-0.2, -0.15) is 0 Å². The molecule has 106 valence electrons. The zero-order valence-corrected chi connectivity index (χ0v) is 10.7. The number of H-pyrrole nitrogens is 1. The number of aromatic nitrogens is 4. The quantitative estimate of drug-likeness (QED) is 0.752. The molecule has 0 atom stereocenters. The Labute approximate surface area is 118 Å². The third-order valence-electron chi connectivity index (χ3n) is 2.91. The standard InChI is InChI=1S/C12H10N6O3/c19-7(17-12-15-4-5-16-12)1-6-18-10(20)8-9(11(18)21)14-3-2-13-8/h2-5H,1,6H2,(H2,15,16,17,19). The molecule has 0 bridgehead atoms. The van der Waals surface area contributed by atoms with Crippen molar-refractivity contribution in [2.45, 2.75) is 6.42 Å². The van der Waals surface area contributed by atoms with Crippen LogP contribution in [0.4, 0.5) is 5.95 Å². The second kappa shape index (κ2) is 5.12. The lowest BCUT2D eigenvalue weighted by atomic mass is 10.3. The first-order chi connectivity index (χ1) is 10.2. The number of imide groups is 1. The predicted molar refractivity (Wildman–Crippen MR) is 69.2 cm³/mol. The summed E-state index contributed by atoms with van der Waals surface area (Å²) in [4.78, 5) is 50.9. The molecule has 3 rings (SSSR count). The van der Waals surface area contributed by atoms with E-state index in [-0.39, 0.29) is 30.3 Å². The lowest BCUT2D eigenvalue weighted by Crippen LogP contribution is -2.33. The molecule has 2 aromatic heterocycles. The number of aromatic amines is 1. The minimum absolute atomic E-state index is 0.0222. The summed E-state index contributed by atoms with van der Waals surface area (Å²) in [6.45, 7) is -0.0394. The second-order valence-corrected chi connectivity index (χ2v) is 4.25. The van der Waals surface area contributed by atoms with Gasteiger partial charge in [0.05, 0.1) is 0 Å². The van der Waals surface area contributed by atoms with Gasteiger partial charge < -0.3 is 4.98 Å². The van der Waals surface area contributed by atoms with Crippen LogP contribution in [0.5, 0.6) is 0 Å². The molecule has 0 aromatic carbocycles. The van der Waals surface area contributed by atoms with Crippen LogP contribution in [-0.4, -0.2) is 49.1 Å². The van der Waals surface area contributed by atoms with E-state index in [1.165, 1.54) is 18.6 Å². The number of carbonyl (C=O) groups excluding carboxylic acids is 3. The van der Waals surface area contributed by atoms with E-state index in [1.807, 2.05) is 0 Å². The smallest absolute Gasteiger partial charge is 0.281 e. The van der Waals surface area contributed by atoms with Gasteiger partial charge in [-0.3, -0.25) is 24.6 Å². The zero-order chi connectivity index (χ0) is 14.8. The third-order valence-corrected chi connectivity index (χ3v) is 2.91. The number of hydrogen-bond donors (Lipinski definition) is 2. The summed E-state index contributed by atoms with van der Waals surface area (Å²) in [7, 11) is 0. The van der Waals surface area contributed by atoms with Crippen molar-refractivity contribution in [2.75, 3.05) is 11.9 Å². The molecule has 0 fully saturated rings. The number of imidazole rings is 1. The van der Waals surface area contributed by atoms with Crippen LogP contribution in [0, 0.1) is 0 Å². The average Bonchev–Trinajstić information content (AvgIpc) is 3.07. The molecule has 0 saturated heterocycles. The summed E-state index contributed by atoms with van der Waals surface area (Å²) >= 11 is 0. The maximum atomic E-state index is 12.0. The molecule has 0 unspecified atom stereocenters. The van der Waals surface area contributed by atoms with Crippen molar-refractivity contribution in [3.63, 3.8) is 0 Å². The van der Waals surface area contributed by atoms with E-state index in [0.29, 0.717) is 5.95 Å². The second-order valence-electron chi connectivity index (χ2n) is 4.25. The summed E-state index contributed by atoms with van der Waals surface area (Å²) in [6.07, 6.45) is 5.72. The van der Waals surface area contributed by atoms with E-state index >= 15 is 0 Å². The Bertz CT molecular complexity index is 677. The number of nitrogens with one attached hydrogen (secondary N) is 2. The molecule has 3 heterocycles. The van der Waals surface area contributed by atoms with Crippen LogP contribution in [0.3, 0.4) is 0 Å². The average molecular weight is 286 g/mol. The lowest BCUT2D eigenvalue weighted by Gasteiger charge is -2.12. The highest BCUT2D eigenvalue weighted by Crippen LogP contribution is 2.18. The highest BCUT2D eigenvalue weighted by atomic mass is 16.2. The van der Waals surface area contributed by atoms with Crippen molar-refractivity contribution >= 4 is 23.7 Å². The molecule has 2 N–H and O–H groups in total. The van der Waals surface area contributed by atoms with Crippen LogP contribution in [0.1, 0.15) is 27.4 Å². The molecule has 3 amide bonds. The van der Waals surface area contributed by atoms with Crippen LogP contribution in [0.25, 0.3) is 0 Å². The zero-order valence-electron chi connectivity index (χ0n) is 10.7. The highest BCUT2D eigenvalue weighted by Gasteiger charge is 2.37. The predicted octanol–water partition coefficient (Wildman–Crippen LogP) is -0.176. The van der Waals surface area contributed by atoms with Crippen molar-refractivity contribution < 1.29 is 14.4 Å². The van der Waals surface area contributed by atoms with E-state index in [1.54, 1.807) is 6.20 Å². The number of carbonyl (C=O) groups is 3. The number of rotatable bonds is 4. The summed E-state index contributed by atoms with van der Waals surface area (Å²) in [5.74, 6) is -1.11. The summed E-state index contributed by atoms with van der Waals surface area (Å²) in [5, 5.41) is 2.51. The number of amides is 3. The maximum absolute atomic E-state index is 12.0. The lowest BCUT2D eigenvalue weighted by molar-refractivity contribution is -0.116. The van der Waals surface area contributed by atoms with E-state index < -0.39 is 11.8 Å². The first kappa shape index (κ1) is 12.9. The topological polar surface area (TPSA) is 121 Å². The van der Waals surface area contributed by atoms with Gasteiger partial charge in [-0.25, -0.2) is 15.0 Å². The van der Waals surface area contributed by atoms with Crippen LogP contribution in [-0.2, 0) is 4.79 Å². The first-order valence-electron chi connectivity index (χ1n) is 6.13. The SMILES string of the molecule is O=C(CCN1C(=O)c2nccnc2C1=O)Nc1ncc[nH]1. The normalized spacial score (nSPS) is 13.4. The highest BCUT2D eigenvalue weighted by molar-refractivity contribution is 6.19. The minimum Gasteiger partial charge on any atom is -0.331 e. The molecular weight excluding hydrogens is 276 g/mol. The van der Waals surface area contributed by atoms with E-state index in [2.05, 4.69) is 25.3 Å².